The van der Waals surface area contributed by atoms with Crippen LogP contribution in [0.5, 0.6) is 0 Å². The van der Waals surface area contributed by atoms with Crippen LogP contribution in [0.15, 0.2) is 33.2 Å². The van der Waals surface area contributed by atoms with Crippen molar-refractivity contribution in [3.63, 3.8) is 0 Å². The molecule has 2 heterocycles. The van der Waals surface area contributed by atoms with Crippen molar-refractivity contribution in [1.82, 2.24) is 20.0 Å². The molecular formula is C14H12BrClN4O. The van der Waals surface area contributed by atoms with Crippen molar-refractivity contribution in [1.29, 1.82) is 0 Å². The zero-order valence-electron chi connectivity index (χ0n) is 11.5. The Bertz CT molecular complexity index is 796. The molecule has 0 amide bonds. The molecule has 0 spiro atoms. The van der Waals surface area contributed by atoms with Gasteiger partial charge in [0.25, 0.3) is 0 Å². The van der Waals surface area contributed by atoms with Gasteiger partial charge in [-0.2, -0.15) is 5.10 Å². The molecule has 0 saturated carbocycles. The molecule has 0 unspecified atom stereocenters. The van der Waals surface area contributed by atoms with Crippen LogP contribution in [0.3, 0.4) is 0 Å². The van der Waals surface area contributed by atoms with Crippen LogP contribution in [0.25, 0.3) is 11.5 Å². The normalized spacial score (nSPS) is 11.0. The molecule has 0 aliphatic carbocycles. The minimum atomic E-state index is 0.413. The fourth-order valence-electron chi connectivity index (χ4n) is 2.02. The first-order valence-corrected chi connectivity index (χ1v) is 7.50. The fraction of sp³-hybridized carbons (Fsp3) is 0.214. The third-order valence-corrected chi connectivity index (χ3v) is 4.63. The molecule has 21 heavy (non-hydrogen) atoms. The minimum absolute atomic E-state index is 0.413. The Balaban J connectivity index is 1.89. The Kier molecular flexibility index (Phi) is 3.82. The van der Waals surface area contributed by atoms with Gasteiger partial charge < -0.3 is 4.42 Å². The number of aromatic nitrogens is 4. The topological polar surface area (TPSA) is 56.7 Å². The predicted octanol–water partition coefficient (Wildman–Crippen LogP) is 4.01. The van der Waals surface area contributed by atoms with Crippen LogP contribution in [0.2, 0.25) is 5.02 Å². The van der Waals surface area contributed by atoms with Gasteiger partial charge in [0.1, 0.15) is 6.54 Å². The number of aryl methyl sites for hydroxylation is 1. The number of halogens is 2. The standard InChI is InChI=1S/C14H12BrClN4O/c1-8-13(15)9(2)20(19-8)7-12-17-18-14(21-12)10-5-3-4-6-11(10)16/h3-6H,7H2,1-2H3. The first-order valence-electron chi connectivity index (χ1n) is 6.33. The summed E-state index contributed by atoms with van der Waals surface area (Å²) in [6.07, 6.45) is 0. The Morgan fingerprint density at radius 3 is 2.67 bits per heavy atom. The van der Waals surface area contributed by atoms with E-state index in [9.17, 15) is 0 Å². The van der Waals surface area contributed by atoms with Crippen molar-refractivity contribution in [3.8, 4) is 11.5 Å². The second-order valence-electron chi connectivity index (χ2n) is 4.62. The highest BCUT2D eigenvalue weighted by molar-refractivity contribution is 9.10. The van der Waals surface area contributed by atoms with Crippen LogP contribution in [0.4, 0.5) is 0 Å². The van der Waals surface area contributed by atoms with Gasteiger partial charge in [-0.15, -0.1) is 10.2 Å². The molecule has 3 rings (SSSR count). The summed E-state index contributed by atoms with van der Waals surface area (Å²) in [4.78, 5) is 0. The van der Waals surface area contributed by atoms with E-state index in [2.05, 4.69) is 31.2 Å². The van der Waals surface area contributed by atoms with Gasteiger partial charge in [0.15, 0.2) is 0 Å². The molecule has 1 aromatic carbocycles. The highest BCUT2D eigenvalue weighted by Gasteiger charge is 2.14. The van der Waals surface area contributed by atoms with Crippen LogP contribution in [-0.2, 0) is 6.54 Å². The monoisotopic (exact) mass is 366 g/mol. The molecule has 0 aliphatic rings. The molecule has 0 atom stereocenters. The average Bonchev–Trinajstić information content (AvgIpc) is 3.01. The van der Waals surface area contributed by atoms with Gasteiger partial charge in [-0.05, 0) is 41.9 Å². The number of nitrogens with zero attached hydrogens (tertiary/aromatic N) is 4. The lowest BCUT2D eigenvalue weighted by Gasteiger charge is -2.00. The number of rotatable bonds is 3. The van der Waals surface area contributed by atoms with Crippen LogP contribution >= 0.6 is 27.5 Å². The smallest absolute Gasteiger partial charge is 0.249 e. The van der Waals surface area contributed by atoms with E-state index in [4.69, 9.17) is 16.0 Å². The molecule has 3 aromatic rings. The lowest BCUT2D eigenvalue weighted by molar-refractivity contribution is 0.469. The highest BCUT2D eigenvalue weighted by Crippen LogP contribution is 2.26. The Morgan fingerprint density at radius 1 is 1.24 bits per heavy atom. The van der Waals surface area contributed by atoms with Crippen molar-refractivity contribution in [2.75, 3.05) is 0 Å². The molecule has 7 heteroatoms. The maximum absolute atomic E-state index is 6.13. The van der Waals surface area contributed by atoms with Crippen molar-refractivity contribution in [3.05, 3.63) is 51.0 Å². The van der Waals surface area contributed by atoms with Gasteiger partial charge in [0.2, 0.25) is 11.8 Å². The first-order chi connectivity index (χ1) is 10.1. The molecule has 108 valence electrons. The summed E-state index contributed by atoms with van der Waals surface area (Å²) >= 11 is 9.62. The number of benzene rings is 1. The van der Waals surface area contributed by atoms with E-state index in [1.165, 1.54) is 0 Å². The Labute approximate surface area is 135 Å². The fourth-order valence-corrected chi connectivity index (χ4v) is 2.52. The van der Waals surface area contributed by atoms with Gasteiger partial charge in [-0.1, -0.05) is 23.7 Å². The SMILES string of the molecule is Cc1nn(Cc2nnc(-c3ccccc3Cl)o2)c(C)c1Br. The average molecular weight is 368 g/mol. The molecular weight excluding hydrogens is 356 g/mol. The summed E-state index contributed by atoms with van der Waals surface area (Å²) in [5.41, 5.74) is 2.68. The van der Waals surface area contributed by atoms with Crippen LogP contribution in [0, 0.1) is 13.8 Å². The van der Waals surface area contributed by atoms with E-state index < -0.39 is 0 Å². The van der Waals surface area contributed by atoms with E-state index in [1.807, 2.05) is 36.7 Å². The third kappa shape index (κ3) is 2.73. The van der Waals surface area contributed by atoms with Crippen LogP contribution in [0.1, 0.15) is 17.3 Å². The molecule has 0 fully saturated rings. The van der Waals surface area contributed by atoms with E-state index in [1.54, 1.807) is 6.07 Å². The molecule has 2 aromatic heterocycles. The van der Waals surface area contributed by atoms with Crippen molar-refractivity contribution in [2.45, 2.75) is 20.4 Å². The molecule has 0 aliphatic heterocycles. The maximum Gasteiger partial charge on any atom is 0.249 e. The summed E-state index contributed by atoms with van der Waals surface area (Å²) < 4.78 is 8.49. The number of hydrogen-bond acceptors (Lipinski definition) is 4. The molecule has 0 bridgehead atoms. The van der Waals surface area contributed by atoms with Crippen LogP contribution < -0.4 is 0 Å². The Morgan fingerprint density at radius 2 is 2.00 bits per heavy atom. The van der Waals surface area contributed by atoms with E-state index in [0.717, 1.165) is 21.4 Å². The second kappa shape index (κ2) is 5.61. The van der Waals surface area contributed by atoms with E-state index >= 15 is 0 Å². The third-order valence-electron chi connectivity index (χ3n) is 3.15. The quantitative estimate of drug-likeness (QED) is 0.702. The van der Waals surface area contributed by atoms with Crippen molar-refractivity contribution in [2.24, 2.45) is 0 Å². The molecule has 0 N–H and O–H groups in total. The van der Waals surface area contributed by atoms with E-state index in [0.29, 0.717) is 23.3 Å². The summed E-state index contributed by atoms with van der Waals surface area (Å²) in [6, 6.07) is 7.37. The molecule has 5 nitrogen and oxygen atoms in total. The summed E-state index contributed by atoms with van der Waals surface area (Å²) in [7, 11) is 0. The summed E-state index contributed by atoms with van der Waals surface area (Å²) in [5.74, 6) is 0.902. The lowest BCUT2D eigenvalue weighted by atomic mass is 10.2. The van der Waals surface area contributed by atoms with Gasteiger partial charge in [-0.25, -0.2) is 0 Å². The lowest BCUT2D eigenvalue weighted by Crippen LogP contribution is -2.04. The number of hydrogen-bond donors (Lipinski definition) is 0. The van der Waals surface area contributed by atoms with Crippen LogP contribution in [-0.4, -0.2) is 20.0 Å². The Hall–Kier alpha value is -1.66. The van der Waals surface area contributed by atoms with Gasteiger partial charge in [-0.3, -0.25) is 4.68 Å². The predicted molar refractivity (Wildman–Crippen MR) is 83.2 cm³/mol. The minimum Gasteiger partial charge on any atom is -0.419 e. The zero-order valence-corrected chi connectivity index (χ0v) is 13.8. The molecule has 0 saturated heterocycles. The molecule has 0 radical (unpaired) electrons. The largest absolute Gasteiger partial charge is 0.419 e. The highest BCUT2D eigenvalue weighted by atomic mass is 79.9. The van der Waals surface area contributed by atoms with Crippen molar-refractivity contribution >= 4 is 27.5 Å². The van der Waals surface area contributed by atoms with Gasteiger partial charge in [0, 0.05) is 0 Å². The maximum atomic E-state index is 6.13. The van der Waals surface area contributed by atoms with Crippen molar-refractivity contribution < 1.29 is 4.42 Å². The zero-order chi connectivity index (χ0) is 15.0. The van der Waals surface area contributed by atoms with Gasteiger partial charge in [0.05, 0.1) is 26.4 Å². The second-order valence-corrected chi connectivity index (χ2v) is 5.82. The van der Waals surface area contributed by atoms with Gasteiger partial charge >= 0.3 is 0 Å². The van der Waals surface area contributed by atoms with E-state index in [-0.39, 0.29) is 0 Å². The summed E-state index contributed by atoms with van der Waals surface area (Å²) in [6.45, 7) is 4.35. The summed E-state index contributed by atoms with van der Waals surface area (Å²) in [5, 5.41) is 13.1. The first kappa shape index (κ1) is 14.3.